The van der Waals surface area contributed by atoms with Gasteiger partial charge in [-0.1, -0.05) is 31.0 Å². The minimum atomic E-state index is -0.418. The summed E-state index contributed by atoms with van der Waals surface area (Å²) in [5, 5.41) is 15.4. The summed E-state index contributed by atoms with van der Waals surface area (Å²) in [6, 6.07) is 19.3. The smallest absolute Gasteiger partial charge is 0.118 e. The van der Waals surface area contributed by atoms with Crippen LogP contribution in [0.15, 0.2) is 54.6 Å². The number of fused-ring (bicyclic) bond motifs is 1. The number of benzene rings is 2. The molecule has 4 rings (SSSR count). The largest absolute Gasteiger partial charge is 0.497 e. The van der Waals surface area contributed by atoms with Gasteiger partial charge in [0.2, 0.25) is 0 Å². The van der Waals surface area contributed by atoms with E-state index in [9.17, 15) is 5.11 Å². The lowest BCUT2D eigenvalue weighted by atomic mass is 10.1. The molecule has 1 aliphatic rings. The zero-order valence-corrected chi connectivity index (χ0v) is 15.9. The topological polar surface area (TPSA) is 46.4 Å². The molecule has 0 radical (unpaired) electrons. The van der Waals surface area contributed by atoms with Crippen molar-refractivity contribution in [3.8, 4) is 17.0 Å². The van der Waals surface area contributed by atoms with Crippen LogP contribution in [0.1, 0.15) is 25.7 Å². The molecule has 1 unspecified atom stereocenters. The lowest BCUT2D eigenvalue weighted by Crippen LogP contribution is -2.35. The van der Waals surface area contributed by atoms with Crippen molar-refractivity contribution in [1.82, 2.24) is 9.88 Å². The van der Waals surface area contributed by atoms with Crippen LogP contribution in [0.5, 0.6) is 5.75 Å². The molecule has 1 aromatic heterocycles. The van der Waals surface area contributed by atoms with E-state index in [1.54, 1.807) is 7.11 Å². The van der Waals surface area contributed by atoms with Crippen LogP contribution in [0.2, 0.25) is 0 Å². The first-order chi connectivity index (χ1) is 13.2. The van der Waals surface area contributed by atoms with Crippen LogP contribution in [0.4, 0.5) is 0 Å². The molecule has 0 spiro atoms. The first kappa shape index (κ1) is 18.1. The Morgan fingerprint density at radius 1 is 1.11 bits per heavy atom. The van der Waals surface area contributed by atoms with E-state index in [1.165, 1.54) is 31.1 Å². The van der Waals surface area contributed by atoms with Crippen molar-refractivity contribution in [2.75, 3.05) is 13.7 Å². The number of ether oxygens (including phenoxy) is 1. The lowest BCUT2D eigenvalue weighted by molar-refractivity contribution is 0.149. The molecular formula is C23H28N2O2. The maximum atomic E-state index is 10.7. The predicted molar refractivity (Wildman–Crippen MR) is 110 cm³/mol. The van der Waals surface area contributed by atoms with E-state index in [4.69, 9.17) is 4.74 Å². The van der Waals surface area contributed by atoms with Gasteiger partial charge in [0, 0.05) is 29.2 Å². The van der Waals surface area contributed by atoms with Crippen molar-refractivity contribution >= 4 is 10.9 Å². The molecule has 27 heavy (non-hydrogen) atoms. The van der Waals surface area contributed by atoms with Gasteiger partial charge in [0.05, 0.1) is 19.8 Å². The molecule has 3 aromatic rings. The molecule has 142 valence electrons. The third-order valence-corrected chi connectivity index (χ3v) is 5.59. The van der Waals surface area contributed by atoms with E-state index in [0.29, 0.717) is 19.1 Å². The van der Waals surface area contributed by atoms with Gasteiger partial charge in [-0.25, -0.2) is 0 Å². The second-order valence-corrected chi connectivity index (χ2v) is 7.47. The average Bonchev–Trinajstić information content (AvgIpc) is 3.35. The zero-order valence-electron chi connectivity index (χ0n) is 15.9. The number of nitrogens with one attached hydrogen (secondary N) is 1. The first-order valence-corrected chi connectivity index (χ1v) is 9.89. The molecule has 1 fully saturated rings. The Morgan fingerprint density at radius 2 is 1.85 bits per heavy atom. The Balaban J connectivity index is 1.59. The van der Waals surface area contributed by atoms with Crippen molar-refractivity contribution in [3.63, 3.8) is 0 Å². The van der Waals surface area contributed by atoms with Gasteiger partial charge in [-0.2, -0.15) is 0 Å². The second-order valence-electron chi connectivity index (χ2n) is 7.47. The van der Waals surface area contributed by atoms with E-state index in [1.807, 2.05) is 12.1 Å². The number of para-hydroxylation sites is 1. The van der Waals surface area contributed by atoms with Crippen LogP contribution in [0, 0.1) is 0 Å². The van der Waals surface area contributed by atoms with Crippen LogP contribution in [0.3, 0.4) is 0 Å². The molecule has 0 amide bonds. The second kappa shape index (κ2) is 8.15. The van der Waals surface area contributed by atoms with Crippen molar-refractivity contribution < 1.29 is 9.84 Å². The highest BCUT2D eigenvalue weighted by Gasteiger charge is 2.18. The molecule has 2 N–H and O–H groups in total. The van der Waals surface area contributed by atoms with Crippen LogP contribution in [0.25, 0.3) is 22.2 Å². The minimum absolute atomic E-state index is 0.418. The monoisotopic (exact) mass is 364 g/mol. The number of nitrogens with zero attached hydrogens (tertiary/aromatic N) is 1. The molecule has 0 saturated heterocycles. The molecule has 2 aromatic carbocycles. The van der Waals surface area contributed by atoms with Gasteiger partial charge in [0.25, 0.3) is 0 Å². The van der Waals surface area contributed by atoms with Crippen LogP contribution < -0.4 is 10.1 Å². The molecule has 0 aliphatic heterocycles. The molecule has 1 heterocycles. The highest BCUT2D eigenvalue weighted by molar-refractivity contribution is 5.87. The van der Waals surface area contributed by atoms with E-state index < -0.39 is 6.10 Å². The van der Waals surface area contributed by atoms with Gasteiger partial charge >= 0.3 is 0 Å². The Labute approximate surface area is 160 Å². The van der Waals surface area contributed by atoms with Crippen molar-refractivity contribution in [2.45, 2.75) is 44.4 Å². The number of methoxy groups -OCH3 is 1. The van der Waals surface area contributed by atoms with Crippen molar-refractivity contribution in [1.29, 1.82) is 0 Å². The summed E-state index contributed by atoms with van der Waals surface area (Å²) in [5.41, 5.74) is 3.41. The van der Waals surface area contributed by atoms with E-state index in [2.05, 4.69) is 52.3 Å². The Morgan fingerprint density at radius 3 is 2.59 bits per heavy atom. The van der Waals surface area contributed by atoms with Gasteiger partial charge in [0.1, 0.15) is 5.75 Å². The third kappa shape index (κ3) is 4.02. The van der Waals surface area contributed by atoms with Crippen LogP contribution >= 0.6 is 0 Å². The van der Waals surface area contributed by atoms with Gasteiger partial charge in [-0.15, -0.1) is 0 Å². The Kier molecular flexibility index (Phi) is 5.46. The van der Waals surface area contributed by atoms with Crippen LogP contribution in [-0.2, 0) is 6.54 Å². The molecule has 0 bridgehead atoms. The van der Waals surface area contributed by atoms with Gasteiger partial charge in [-0.3, -0.25) is 0 Å². The Bertz CT molecular complexity index is 879. The van der Waals surface area contributed by atoms with Crippen molar-refractivity contribution in [3.05, 3.63) is 54.6 Å². The Hall–Kier alpha value is -2.30. The summed E-state index contributed by atoms with van der Waals surface area (Å²) in [4.78, 5) is 0. The molecule has 4 nitrogen and oxygen atoms in total. The molecule has 1 saturated carbocycles. The van der Waals surface area contributed by atoms with E-state index in [0.717, 1.165) is 22.5 Å². The summed E-state index contributed by atoms with van der Waals surface area (Å²) < 4.78 is 7.52. The standard InChI is InChI=1S/C23H28N2O2/c1-27-21-12-10-17(11-13-21)23-14-18-6-2-5-9-22(18)25(23)16-20(26)15-24-19-7-3-4-8-19/h2,5-6,9-14,19-20,24,26H,3-4,7-8,15-16H2,1H3. The maximum absolute atomic E-state index is 10.7. The number of aliphatic hydroxyl groups is 1. The summed E-state index contributed by atoms with van der Waals surface area (Å²) in [6.45, 7) is 1.22. The fourth-order valence-electron chi connectivity index (χ4n) is 4.12. The highest BCUT2D eigenvalue weighted by atomic mass is 16.5. The number of aromatic nitrogens is 1. The molecular weight excluding hydrogens is 336 g/mol. The maximum Gasteiger partial charge on any atom is 0.118 e. The van der Waals surface area contributed by atoms with E-state index >= 15 is 0 Å². The summed E-state index contributed by atoms with van der Waals surface area (Å²) in [5.74, 6) is 0.849. The molecule has 1 aliphatic carbocycles. The van der Waals surface area contributed by atoms with Crippen molar-refractivity contribution in [2.24, 2.45) is 0 Å². The number of hydrogen-bond acceptors (Lipinski definition) is 3. The summed E-state index contributed by atoms with van der Waals surface area (Å²) >= 11 is 0. The fraction of sp³-hybridized carbons (Fsp3) is 0.391. The first-order valence-electron chi connectivity index (χ1n) is 9.89. The van der Waals surface area contributed by atoms with Gasteiger partial charge in [0.15, 0.2) is 0 Å². The average molecular weight is 364 g/mol. The fourth-order valence-corrected chi connectivity index (χ4v) is 4.12. The predicted octanol–water partition coefficient (Wildman–Crippen LogP) is 4.21. The van der Waals surface area contributed by atoms with Gasteiger partial charge < -0.3 is 19.7 Å². The number of rotatable bonds is 7. The summed E-state index contributed by atoms with van der Waals surface area (Å²) in [7, 11) is 1.68. The highest BCUT2D eigenvalue weighted by Crippen LogP contribution is 2.30. The number of hydrogen-bond donors (Lipinski definition) is 2. The SMILES string of the molecule is COc1ccc(-c2cc3ccccc3n2CC(O)CNC2CCCC2)cc1. The van der Waals surface area contributed by atoms with Crippen LogP contribution in [-0.4, -0.2) is 35.5 Å². The molecule has 4 heteroatoms. The summed E-state index contributed by atoms with van der Waals surface area (Å²) in [6.07, 6.45) is 4.65. The minimum Gasteiger partial charge on any atom is -0.497 e. The quantitative estimate of drug-likeness (QED) is 0.660. The molecule has 1 atom stereocenters. The number of aliphatic hydroxyl groups excluding tert-OH is 1. The van der Waals surface area contributed by atoms with Gasteiger partial charge in [-0.05, 0) is 54.8 Å². The third-order valence-electron chi connectivity index (χ3n) is 5.59. The lowest BCUT2D eigenvalue weighted by Gasteiger charge is -2.19. The zero-order chi connectivity index (χ0) is 18.6. The van der Waals surface area contributed by atoms with E-state index in [-0.39, 0.29) is 0 Å². The normalized spacial score (nSPS) is 16.1.